The van der Waals surface area contributed by atoms with Gasteiger partial charge < -0.3 is 11.1 Å². The lowest BCUT2D eigenvalue weighted by molar-refractivity contribution is -0.118. The summed E-state index contributed by atoms with van der Waals surface area (Å²) in [6.07, 6.45) is 0. The van der Waals surface area contributed by atoms with Gasteiger partial charge >= 0.3 is 0 Å². The van der Waals surface area contributed by atoms with Gasteiger partial charge in [-0.05, 0) is 30.5 Å². The minimum atomic E-state index is -0.474. The van der Waals surface area contributed by atoms with Crippen LogP contribution in [0.2, 0.25) is 5.02 Å². The second-order valence-electron chi connectivity index (χ2n) is 4.57. The minimum Gasteiger partial charge on any atom is -0.393 e. The molecule has 0 heterocycles. The standard InChI is InChI=1S/C13H17ClN2OS/c1-7(2)11(12(15)18)13(17)16-10-6-9(14)5-4-8(10)3/h4-7,11H,1-3H3,(H2,15,18)(H,16,17). The van der Waals surface area contributed by atoms with Gasteiger partial charge in [0.05, 0.1) is 10.9 Å². The van der Waals surface area contributed by atoms with E-state index in [-0.39, 0.29) is 16.8 Å². The SMILES string of the molecule is Cc1ccc(Cl)cc1NC(=O)C(C(N)=S)C(C)C. The number of carbonyl (C=O) groups excluding carboxylic acids is 1. The summed E-state index contributed by atoms with van der Waals surface area (Å²) in [7, 11) is 0. The Hall–Kier alpha value is -1.13. The van der Waals surface area contributed by atoms with E-state index in [4.69, 9.17) is 29.6 Å². The second kappa shape index (κ2) is 6.16. The fourth-order valence-electron chi connectivity index (χ4n) is 1.70. The molecular formula is C13H17ClN2OS. The molecule has 0 aromatic heterocycles. The van der Waals surface area contributed by atoms with E-state index in [1.807, 2.05) is 26.8 Å². The average molecular weight is 285 g/mol. The van der Waals surface area contributed by atoms with E-state index in [0.717, 1.165) is 5.56 Å². The van der Waals surface area contributed by atoms with Crippen LogP contribution in [0.1, 0.15) is 19.4 Å². The molecule has 0 aliphatic rings. The number of nitrogens with two attached hydrogens (primary N) is 1. The van der Waals surface area contributed by atoms with Crippen LogP contribution in [0.25, 0.3) is 0 Å². The zero-order chi connectivity index (χ0) is 13.9. The van der Waals surface area contributed by atoms with Crippen LogP contribution in [0.4, 0.5) is 5.69 Å². The maximum atomic E-state index is 12.1. The highest BCUT2D eigenvalue weighted by Crippen LogP contribution is 2.22. The number of hydrogen-bond donors (Lipinski definition) is 2. The van der Waals surface area contributed by atoms with Gasteiger partial charge in [0.2, 0.25) is 5.91 Å². The highest BCUT2D eigenvalue weighted by atomic mass is 35.5. The van der Waals surface area contributed by atoms with Gasteiger partial charge in [-0.2, -0.15) is 0 Å². The number of thiocarbonyl (C=S) groups is 1. The van der Waals surface area contributed by atoms with Crippen molar-refractivity contribution in [2.75, 3.05) is 5.32 Å². The minimum absolute atomic E-state index is 0.0574. The summed E-state index contributed by atoms with van der Waals surface area (Å²) < 4.78 is 0. The number of nitrogens with one attached hydrogen (secondary N) is 1. The summed E-state index contributed by atoms with van der Waals surface area (Å²) in [6, 6.07) is 5.34. The zero-order valence-electron chi connectivity index (χ0n) is 10.7. The maximum Gasteiger partial charge on any atom is 0.234 e. The summed E-state index contributed by atoms with van der Waals surface area (Å²) in [5.41, 5.74) is 7.24. The highest BCUT2D eigenvalue weighted by molar-refractivity contribution is 7.80. The molecule has 1 rings (SSSR count). The number of rotatable bonds is 4. The van der Waals surface area contributed by atoms with E-state index in [0.29, 0.717) is 10.7 Å². The second-order valence-corrected chi connectivity index (χ2v) is 5.48. The van der Waals surface area contributed by atoms with Gasteiger partial charge in [-0.25, -0.2) is 0 Å². The molecule has 98 valence electrons. The lowest BCUT2D eigenvalue weighted by Crippen LogP contribution is -2.36. The van der Waals surface area contributed by atoms with E-state index < -0.39 is 5.92 Å². The number of halogens is 1. The quantitative estimate of drug-likeness (QED) is 0.835. The first-order valence-electron chi connectivity index (χ1n) is 5.69. The number of amides is 1. The lowest BCUT2D eigenvalue weighted by atomic mass is 9.95. The molecule has 1 atom stereocenters. The van der Waals surface area contributed by atoms with Crippen LogP contribution in [0.5, 0.6) is 0 Å². The first-order chi connectivity index (χ1) is 8.32. The molecule has 1 aromatic rings. The number of aryl methyl sites for hydroxylation is 1. The van der Waals surface area contributed by atoms with Gasteiger partial charge in [0.15, 0.2) is 0 Å². The molecule has 0 saturated carbocycles. The van der Waals surface area contributed by atoms with Crippen molar-refractivity contribution in [2.24, 2.45) is 17.6 Å². The molecule has 0 radical (unpaired) electrons. The summed E-state index contributed by atoms with van der Waals surface area (Å²) in [4.78, 5) is 12.3. The molecule has 3 nitrogen and oxygen atoms in total. The molecule has 1 aromatic carbocycles. The Labute approximate surface area is 118 Å². The summed E-state index contributed by atoms with van der Waals surface area (Å²) in [6.45, 7) is 5.72. The third-order valence-electron chi connectivity index (χ3n) is 2.71. The molecule has 0 spiro atoms. The normalized spacial score (nSPS) is 12.3. The van der Waals surface area contributed by atoms with E-state index in [9.17, 15) is 4.79 Å². The fourth-order valence-corrected chi connectivity index (χ4v) is 2.25. The van der Waals surface area contributed by atoms with Gasteiger partial charge in [0.1, 0.15) is 0 Å². The summed E-state index contributed by atoms with van der Waals surface area (Å²) >= 11 is 10.8. The molecule has 0 fully saturated rings. The third-order valence-corrected chi connectivity index (χ3v) is 3.20. The van der Waals surface area contributed by atoms with Crippen molar-refractivity contribution in [1.82, 2.24) is 0 Å². The van der Waals surface area contributed by atoms with Crippen LogP contribution in [-0.2, 0) is 4.79 Å². The Morgan fingerprint density at radius 1 is 1.44 bits per heavy atom. The zero-order valence-corrected chi connectivity index (χ0v) is 12.2. The Kier molecular flexibility index (Phi) is 5.11. The molecule has 18 heavy (non-hydrogen) atoms. The van der Waals surface area contributed by atoms with Crippen molar-refractivity contribution < 1.29 is 4.79 Å². The van der Waals surface area contributed by atoms with Crippen molar-refractivity contribution in [3.8, 4) is 0 Å². The van der Waals surface area contributed by atoms with Gasteiger partial charge in [-0.3, -0.25) is 4.79 Å². The monoisotopic (exact) mass is 284 g/mol. The fraction of sp³-hybridized carbons (Fsp3) is 0.385. The van der Waals surface area contributed by atoms with Crippen LogP contribution in [0.15, 0.2) is 18.2 Å². The molecule has 1 unspecified atom stereocenters. The van der Waals surface area contributed by atoms with Crippen molar-refractivity contribution in [1.29, 1.82) is 0 Å². The van der Waals surface area contributed by atoms with Crippen molar-refractivity contribution >= 4 is 40.4 Å². The van der Waals surface area contributed by atoms with Gasteiger partial charge in [-0.1, -0.05) is 43.7 Å². The number of hydrogen-bond acceptors (Lipinski definition) is 2. The van der Waals surface area contributed by atoms with E-state index >= 15 is 0 Å². The maximum absolute atomic E-state index is 12.1. The first kappa shape index (κ1) is 14.9. The Balaban J connectivity index is 2.92. The molecule has 0 aliphatic heterocycles. The lowest BCUT2D eigenvalue weighted by Gasteiger charge is -2.19. The Bertz CT molecular complexity index is 474. The van der Waals surface area contributed by atoms with E-state index in [1.54, 1.807) is 12.1 Å². The van der Waals surface area contributed by atoms with Gasteiger partial charge in [0, 0.05) is 10.7 Å². The Morgan fingerprint density at radius 3 is 2.56 bits per heavy atom. The van der Waals surface area contributed by atoms with Crippen LogP contribution in [-0.4, -0.2) is 10.9 Å². The molecule has 1 amide bonds. The van der Waals surface area contributed by atoms with Gasteiger partial charge in [-0.15, -0.1) is 0 Å². The van der Waals surface area contributed by atoms with E-state index in [1.165, 1.54) is 0 Å². The van der Waals surface area contributed by atoms with Crippen LogP contribution in [0.3, 0.4) is 0 Å². The molecule has 0 aliphatic carbocycles. The topological polar surface area (TPSA) is 55.1 Å². The van der Waals surface area contributed by atoms with Crippen LogP contribution in [0, 0.1) is 18.8 Å². The predicted octanol–water partition coefficient (Wildman–Crippen LogP) is 3.15. The van der Waals surface area contributed by atoms with Crippen LogP contribution < -0.4 is 11.1 Å². The molecule has 0 bridgehead atoms. The predicted molar refractivity (Wildman–Crippen MR) is 79.9 cm³/mol. The smallest absolute Gasteiger partial charge is 0.234 e. The number of anilines is 1. The third kappa shape index (κ3) is 3.68. The average Bonchev–Trinajstić information content (AvgIpc) is 2.22. The van der Waals surface area contributed by atoms with Crippen molar-refractivity contribution in [3.63, 3.8) is 0 Å². The van der Waals surface area contributed by atoms with Gasteiger partial charge in [0.25, 0.3) is 0 Å². The molecular weight excluding hydrogens is 268 g/mol. The molecule has 5 heteroatoms. The van der Waals surface area contributed by atoms with Crippen molar-refractivity contribution in [3.05, 3.63) is 28.8 Å². The Morgan fingerprint density at radius 2 is 2.06 bits per heavy atom. The van der Waals surface area contributed by atoms with Crippen LogP contribution >= 0.6 is 23.8 Å². The number of carbonyl (C=O) groups is 1. The summed E-state index contributed by atoms with van der Waals surface area (Å²) in [5.74, 6) is -0.608. The molecule has 0 saturated heterocycles. The highest BCUT2D eigenvalue weighted by Gasteiger charge is 2.25. The summed E-state index contributed by atoms with van der Waals surface area (Å²) in [5, 5.41) is 3.40. The first-order valence-corrected chi connectivity index (χ1v) is 6.48. The number of benzene rings is 1. The van der Waals surface area contributed by atoms with E-state index in [2.05, 4.69) is 5.32 Å². The largest absolute Gasteiger partial charge is 0.393 e. The molecule has 3 N–H and O–H groups in total. The van der Waals surface area contributed by atoms with Crippen molar-refractivity contribution in [2.45, 2.75) is 20.8 Å².